The van der Waals surface area contributed by atoms with Crippen molar-refractivity contribution in [2.45, 2.75) is 59.3 Å². The second-order valence-electron chi connectivity index (χ2n) is 6.07. The Hall–Kier alpha value is -0.860. The molecular formula is C13H22N2O. The Balaban J connectivity index is 1.95. The second-order valence-corrected chi connectivity index (χ2v) is 6.07. The summed E-state index contributed by atoms with van der Waals surface area (Å²) in [7, 11) is 0. The molecule has 0 radical (unpaired) electrons. The van der Waals surface area contributed by atoms with Crippen LogP contribution in [0.4, 0.5) is 0 Å². The minimum Gasteiger partial charge on any atom is -0.425 e. The van der Waals surface area contributed by atoms with Gasteiger partial charge < -0.3 is 4.42 Å². The lowest BCUT2D eigenvalue weighted by molar-refractivity contribution is 0.161. The zero-order valence-electron chi connectivity index (χ0n) is 10.8. The molecule has 1 aromatic heterocycles. The van der Waals surface area contributed by atoms with Gasteiger partial charge in [-0.1, -0.05) is 20.8 Å². The summed E-state index contributed by atoms with van der Waals surface area (Å²) in [5.41, 5.74) is 0.440. The Morgan fingerprint density at radius 3 is 2.12 bits per heavy atom. The molecule has 1 aliphatic carbocycles. The van der Waals surface area contributed by atoms with Crippen molar-refractivity contribution in [2.75, 3.05) is 0 Å². The van der Waals surface area contributed by atoms with E-state index in [4.69, 9.17) is 4.42 Å². The van der Waals surface area contributed by atoms with Gasteiger partial charge in [-0.25, -0.2) is 0 Å². The minimum absolute atomic E-state index is 0.440. The van der Waals surface area contributed by atoms with Gasteiger partial charge in [0, 0.05) is 12.8 Å². The second kappa shape index (κ2) is 4.19. The molecule has 0 aromatic carbocycles. The van der Waals surface area contributed by atoms with Crippen LogP contribution in [-0.2, 0) is 0 Å². The van der Waals surface area contributed by atoms with Crippen LogP contribution in [0.3, 0.4) is 0 Å². The molecule has 0 aliphatic heterocycles. The third-order valence-corrected chi connectivity index (χ3v) is 3.84. The van der Waals surface area contributed by atoms with Crippen molar-refractivity contribution in [3.8, 4) is 0 Å². The minimum atomic E-state index is 0.440. The highest BCUT2D eigenvalue weighted by Gasteiger charge is 2.31. The molecule has 3 heteroatoms. The maximum atomic E-state index is 5.52. The molecule has 90 valence electrons. The Bertz CT molecular complexity index is 343. The van der Waals surface area contributed by atoms with E-state index in [0.29, 0.717) is 17.2 Å². The van der Waals surface area contributed by atoms with E-state index < -0.39 is 0 Å². The van der Waals surface area contributed by atoms with Crippen molar-refractivity contribution >= 4 is 0 Å². The van der Waals surface area contributed by atoms with Crippen LogP contribution in [0, 0.1) is 18.3 Å². The molecule has 0 N–H and O–H groups in total. The summed E-state index contributed by atoms with van der Waals surface area (Å²) in [6.45, 7) is 8.88. The summed E-state index contributed by atoms with van der Waals surface area (Å²) in [4.78, 5) is 0. The normalized spacial score (nSPS) is 27.0. The van der Waals surface area contributed by atoms with Crippen LogP contribution in [0.15, 0.2) is 4.42 Å². The lowest BCUT2D eigenvalue weighted by atomic mass is 9.70. The maximum Gasteiger partial charge on any atom is 0.219 e. The van der Waals surface area contributed by atoms with E-state index >= 15 is 0 Å². The molecule has 16 heavy (non-hydrogen) atoms. The molecular weight excluding hydrogens is 200 g/mol. The fourth-order valence-electron chi connectivity index (χ4n) is 2.68. The summed E-state index contributed by atoms with van der Waals surface area (Å²) < 4.78 is 5.52. The summed E-state index contributed by atoms with van der Waals surface area (Å²) in [6.07, 6.45) is 4.97. The monoisotopic (exact) mass is 222 g/mol. The molecule has 1 saturated carbocycles. The fourth-order valence-corrected chi connectivity index (χ4v) is 2.68. The molecule has 1 aliphatic rings. The van der Waals surface area contributed by atoms with E-state index in [1.54, 1.807) is 0 Å². The van der Waals surface area contributed by atoms with Gasteiger partial charge in [-0.15, -0.1) is 10.2 Å². The first-order chi connectivity index (χ1) is 7.47. The van der Waals surface area contributed by atoms with Gasteiger partial charge in [-0.2, -0.15) is 0 Å². The van der Waals surface area contributed by atoms with Crippen LogP contribution in [0.25, 0.3) is 0 Å². The average Bonchev–Trinajstić information content (AvgIpc) is 2.64. The summed E-state index contributed by atoms with van der Waals surface area (Å²) >= 11 is 0. The predicted molar refractivity (Wildman–Crippen MR) is 63.2 cm³/mol. The molecule has 1 heterocycles. The highest BCUT2D eigenvalue weighted by atomic mass is 16.4. The SMILES string of the molecule is Cc1nnc([C@H]2CC[C@H](C(C)(C)C)CC2)o1. The predicted octanol–water partition coefficient (Wildman–Crippen LogP) is 3.70. The molecule has 0 saturated heterocycles. The molecule has 0 unspecified atom stereocenters. The van der Waals surface area contributed by atoms with E-state index in [1.165, 1.54) is 25.7 Å². The lowest BCUT2D eigenvalue weighted by Crippen LogP contribution is -2.25. The van der Waals surface area contributed by atoms with E-state index in [0.717, 1.165) is 11.8 Å². The molecule has 0 amide bonds. The van der Waals surface area contributed by atoms with Crippen LogP contribution in [-0.4, -0.2) is 10.2 Å². The summed E-state index contributed by atoms with van der Waals surface area (Å²) in [6, 6.07) is 0. The zero-order valence-corrected chi connectivity index (χ0v) is 10.8. The maximum absolute atomic E-state index is 5.52. The van der Waals surface area contributed by atoms with Crippen LogP contribution >= 0.6 is 0 Å². The Morgan fingerprint density at radius 2 is 1.69 bits per heavy atom. The number of rotatable bonds is 1. The quantitative estimate of drug-likeness (QED) is 0.727. The van der Waals surface area contributed by atoms with Gasteiger partial charge in [-0.3, -0.25) is 0 Å². The van der Waals surface area contributed by atoms with Crippen molar-refractivity contribution in [2.24, 2.45) is 11.3 Å². The molecule has 3 nitrogen and oxygen atoms in total. The van der Waals surface area contributed by atoms with Gasteiger partial charge in [0.1, 0.15) is 0 Å². The van der Waals surface area contributed by atoms with E-state index in [1.807, 2.05) is 6.92 Å². The van der Waals surface area contributed by atoms with Crippen LogP contribution in [0.5, 0.6) is 0 Å². The third-order valence-electron chi connectivity index (χ3n) is 3.84. The van der Waals surface area contributed by atoms with Crippen LogP contribution in [0.1, 0.15) is 64.2 Å². The van der Waals surface area contributed by atoms with E-state index in [9.17, 15) is 0 Å². The number of hydrogen-bond acceptors (Lipinski definition) is 3. The Labute approximate surface area is 97.6 Å². The number of aryl methyl sites for hydroxylation is 1. The molecule has 1 aromatic rings. The Kier molecular flexibility index (Phi) is 3.04. The zero-order chi connectivity index (χ0) is 11.8. The van der Waals surface area contributed by atoms with Crippen molar-refractivity contribution < 1.29 is 4.42 Å². The van der Waals surface area contributed by atoms with Crippen LogP contribution < -0.4 is 0 Å². The standard InChI is InChI=1S/C13H22N2O/c1-9-14-15-12(16-9)10-5-7-11(8-6-10)13(2,3)4/h10-11H,5-8H2,1-4H3/t10-,11-. The van der Waals surface area contributed by atoms with Gasteiger partial charge in [0.2, 0.25) is 11.8 Å². The van der Waals surface area contributed by atoms with Gasteiger partial charge in [-0.05, 0) is 37.0 Å². The number of nitrogens with zero attached hydrogens (tertiary/aromatic N) is 2. The van der Waals surface area contributed by atoms with Gasteiger partial charge >= 0.3 is 0 Å². The first kappa shape index (κ1) is 11.6. The molecule has 0 spiro atoms. The topological polar surface area (TPSA) is 38.9 Å². The van der Waals surface area contributed by atoms with Crippen molar-refractivity contribution in [1.82, 2.24) is 10.2 Å². The third kappa shape index (κ3) is 2.45. The first-order valence-electron chi connectivity index (χ1n) is 6.27. The Morgan fingerprint density at radius 1 is 1.06 bits per heavy atom. The highest BCUT2D eigenvalue weighted by Crippen LogP contribution is 2.42. The lowest BCUT2D eigenvalue weighted by Gasteiger charge is -2.36. The largest absolute Gasteiger partial charge is 0.425 e. The fraction of sp³-hybridized carbons (Fsp3) is 0.846. The van der Waals surface area contributed by atoms with E-state index in [-0.39, 0.29) is 0 Å². The van der Waals surface area contributed by atoms with Crippen molar-refractivity contribution in [1.29, 1.82) is 0 Å². The summed E-state index contributed by atoms with van der Waals surface area (Å²) in [5.74, 6) is 2.88. The first-order valence-corrected chi connectivity index (χ1v) is 6.27. The summed E-state index contributed by atoms with van der Waals surface area (Å²) in [5, 5.41) is 8.05. The molecule has 1 fully saturated rings. The van der Waals surface area contributed by atoms with Crippen molar-refractivity contribution in [3.05, 3.63) is 11.8 Å². The van der Waals surface area contributed by atoms with Crippen LogP contribution in [0.2, 0.25) is 0 Å². The van der Waals surface area contributed by atoms with E-state index in [2.05, 4.69) is 31.0 Å². The molecule has 2 rings (SSSR count). The number of hydrogen-bond donors (Lipinski definition) is 0. The molecule has 0 bridgehead atoms. The smallest absolute Gasteiger partial charge is 0.219 e. The average molecular weight is 222 g/mol. The van der Waals surface area contributed by atoms with Gasteiger partial charge in [0.05, 0.1) is 0 Å². The van der Waals surface area contributed by atoms with Gasteiger partial charge in [0.25, 0.3) is 0 Å². The number of aromatic nitrogens is 2. The van der Waals surface area contributed by atoms with Gasteiger partial charge in [0.15, 0.2) is 0 Å². The molecule has 0 atom stereocenters. The van der Waals surface area contributed by atoms with Crippen molar-refractivity contribution in [3.63, 3.8) is 0 Å². The highest BCUT2D eigenvalue weighted by molar-refractivity contribution is 4.95.